The molecule has 1 heterocycles. The monoisotopic (exact) mass is 293 g/mol. The van der Waals surface area contributed by atoms with Crippen LogP contribution in [-0.2, 0) is 11.3 Å². The summed E-state index contributed by atoms with van der Waals surface area (Å²) < 4.78 is 1.78. The number of anilines is 1. The average molecular weight is 294 g/mol. The molecule has 0 unspecified atom stereocenters. The molecule has 0 aliphatic heterocycles. The molecule has 0 atom stereocenters. The highest BCUT2D eigenvalue weighted by Crippen LogP contribution is 2.19. The van der Waals surface area contributed by atoms with Gasteiger partial charge in [-0.2, -0.15) is 0 Å². The van der Waals surface area contributed by atoms with Gasteiger partial charge < -0.3 is 15.0 Å². The molecule has 0 saturated carbocycles. The van der Waals surface area contributed by atoms with Crippen molar-refractivity contribution in [2.45, 2.75) is 13.0 Å². The summed E-state index contributed by atoms with van der Waals surface area (Å²) in [5.41, 5.74) is 0.396. The number of hydrogen-bond donors (Lipinski definition) is 2. The number of benzene rings is 1. The summed E-state index contributed by atoms with van der Waals surface area (Å²) in [7, 11) is 0. The molecule has 2 aromatic rings. The van der Waals surface area contributed by atoms with Gasteiger partial charge in [0, 0.05) is 36.1 Å². The lowest BCUT2D eigenvalue weighted by molar-refractivity contribution is -0.116. The molecule has 2 N–H and O–H groups in total. The first-order chi connectivity index (χ1) is 9.54. The molecule has 0 saturated heterocycles. The quantitative estimate of drug-likeness (QED) is 0.885. The first kappa shape index (κ1) is 14.1. The molecule has 1 aromatic carbocycles. The summed E-state index contributed by atoms with van der Waals surface area (Å²) in [5, 5.41) is 11.8. The summed E-state index contributed by atoms with van der Waals surface area (Å²) >= 11 is 5.81. The summed E-state index contributed by atoms with van der Waals surface area (Å²) in [6.07, 6.45) is 5.27. The largest absolute Gasteiger partial charge is 0.478 e. The number of nitrogens with one attached hydrogen (secondary N) is 1. The molecule has 0 spiro atoms. The number of aromatic carboxylic acids is 1. The maximum absolute atomic E-state index is 11.8. The molecule has 7 heteroatoms. The number of nitrogens with zero attached hydrogens (tertiary/aromatic N) is 2. The molecule has 0 aliphatic rings. The van der Waals surface area contributed by atoms with E-state index in [4.69, 9.17) is 16.7 Å². The van der Waals surface area contributed by atoms with Crippen LogP contribution >= 0.6 is 11.6 Å². The Morgan fingerprint density at radius 3 is 2.80 bits per heavy atom. The van der Waals surface area contributed by atoms with Crippen molar-refractivity contribution in [3.63, 3.8) is 0 Å². The number of carboxylic acid groups (broad SMARTS) is 1. The SMILES string of the molecule is O=C(CCn1ccnc1)Nc1cc(Cl)cc(C(=O)O)c1. The van der Waals surface area contributed by atoms with Gasteiger partial charge in [0.2, 0.25) is 5.91 Å². The summed E-state index contributed by atoms with van der Waals surface area (Å²) in [4.78, 5) is 26.5. The first-order valence-electron chi connectivity index (χ1n) is 5.84. The van der Waals surface area contributed by atoms with E-state index in [-0.39, 0.29) is 22.9 Å². The Labute approximate surface area is 120 Å². The maximum Gasteiger partial charge on any atom is 0.335 e. The van der Waals surface area contributed by atoms with Crippen molar-refractivity contribution in [1.29, 1.82) is 0 Å². The number of carbonyl (C=O) groups is 2. The maximum atomic E-state index is 11.8. The van der Waals surface area contributed by atoms with E-state index < -0.39 is 5.97 Å². The Bertz CT molecular complexity index is 626. The second kappa shape index (κ2) is 6.21. The van der Waals surface area contributed by atoms with Crippen LogP contribution in [0.5, 0.6) is 0 Å². The smallest absolute Gasteiger partial charge is 0.335 e. The fraction of sp³-hybridized carbons (Fsp3) is 0.154. The van der Waals surface area contributed by atoms with E-state index in [2.05, 4.69) is 10.3 Å². The average Bonchev–Trinajstić information content (AvgIpc) is 2.88. The molecule has 104 valence electrons. The number of hydrogen-bond acceptors (Lipinski definition) is 3. The highest BCUT2D eigenvalue weighted by atomic mass is 35.5. The Balaban J connectivity index is 1.98. The number of halogens is 1. The van der Waals surface area contributed by atoms with Crippen LogP contribution in [-0.4, -0.2) is 26.5 Å². The lowest BCUT2D eigenvalue weighted by Gasteiger charge is -2.07. The van der Waals surface area contributed by atoms with Gasteiger partial charge in [0.05, 0.1) is 11.9 Å². The zero-order valence-electron chi connectivity index (χ0n) is 10.4. The van der Waals surface area contributed by atoms with Gasteiger partial charge in [-0.1, -0.05) is 11.6 Å². The molecule has 0 fully saturated rings. The zero-order chi connectivity index (χ0) is 14.5. The van der Waals surface area contributed by atoms with Crippen molar-refractivity contribution in [3.05, 3.63) is 47.5 Å². The molecule has 0 aliphatic carbocycles. The predicted molar refractivity (Wildman–Crippen MR) is 73.9 cm³/mol. The van der Waals surface area contributed by atoms with Gasteiger partial charge in [-0.05, 0) is 18.2 Å². The first-order valence-corrected chi connectivity index (χ1v) is 6.22. The Kier molecular flexibility index (Phi) is 4.37. The topological polar surface area (TPSA) is 84.2 Å². The Morgan fingerprint density at radius 1 is 1.35 bits per heavy atom. The molecule has 20 heavy (non-hydrogen) atoms. The van der Waals surface area contributed by atoms with E-state index in [0.29, 0.717) is 12.2 Å². The van der Waals surface area contributed by atoms with Crippen LogP contribution in [0.1, 0.15) is 16.8 Å². The van der Waals surface area contributed by atoms with Gasteiger partial charge in [-0.15, -0.1) is 0 Å². The highest BCUT2D eigenvalue weighted by molar-refractivity contribution is 6.31. The molecule has 6 nitrogen and oxygen atoms in total. The number of aryl methyl sites for hydroxylation is 1. The third kappa shape index (κ3) is 3.83. The van der Waals surface area contributed by atoms with E-state index in [1.165, 1.54) is 18.2 Å². The Hall–Kier alpha value is -2.34. The van der Waals surface area contributed by atoms with Gasteiger partial charge >= 0.3 is 5.97 Å². The van der Waals surface area contributed by atoms with Crippen LogP contribution in [0.3, 0.4) is 0 Å². The second-order valence-corrected chi connectivity index (χ2v) is 4.57. The van der Waals surface area contributed by atoms with Crippen molar-refractivity contribution in [2.75, 3.05) is 5.32 Å². The minimum atomic E-state index is -1.10. The van der Waals surface area contributed by atoms with Gasteiger partial charge in [0.1, 0.15) is 0 Å². The normalized spacial score (nSPS) is 10.2. The molecule has 2 rings (SSSR count). The molecule has 1 amide bonds. The fourth-order valence-electron chi connectivity index (χ4n) is 1.66. The zero-order valence-corrected chi connectivity index (χ0v) is 11.2. The standard InChI is InChI=1S/C13H12ClN3O3/c14-10-5-9(13(19)20)6-11(7-10)16-12(18)1-3-17-4-2-15-8-17/h2,4-8H,1,3H2,(H,16,18)(H,19,20). The van der Waals surface area contributed by atoms with Crippen molar-refractivity contribution in [2.24, 2.45) is 0 Å². The third-order valence-electron chi connectivity index (χ3n) is 2.58. The van der Waals surface area contributed by atoms with Crippen LogP contribution < -0.4 is 5.32 Å². The number of amides is 1. The minimum absolute atomic E-state index is 0.0300. The number of carbonyl (C=O) groups excluding carboxylic acids is 1. The molecular formula is C13H12ClN3O3. The molecule has 0 radical (unpaired) electrons. The number of carboxylic acids is 1. The Morgan fingerprint density at radius 2 is 2.15 bits per heavy atom. The molecule has 0 bridgehead atoms. The second-order valence-electron chi connectivity index (χ2n) is 4.13. The minimum Gasteiger partial charge on any atom is -0.478 e. The lowest BCUT2D eigenvalue weighted by Crippen LogP contribution is -2.14. The van der Waals surface area contributed by atoms with Gasteiger partial charge in [0.15, 0.2) is 0 Å². The summed E-state index contributed by atoms with van der Waals surface area (Å²) in [5.74, 6) is -1.32. The van der Waals surface area contributed by atoms with E-state index >= 15 is 0 Å². The van der Waals surface area contributed by atoms with Crippen LogP contribution in [0.15, 0.2) is 36.9 Å². The molecular weight excluding hydrogens is 282 g/mol. The van der Waals surface area contributed by atoms with E-state index in [9.17, 15) is 9.59 Å². The van der Waals surface area contributed by atoms with Crippen LogP contribution in [0, 0.1) is 0 Å². The van der Waals surface area contributed by atoms with Crippen LogP contribution in [0.25, 0.3) is 0 Å². The van der Waals surface area contributed by atoms with Gasteiger partial charge in [-0.3, -0.25) is 4.79 Å². The van der Waals surface area contributed by atoms with Crippen molar-refractivity contribution >= 4 is 29.2 Å². The lowest BCUT2D eigenvalue weighted by atomic mass is 10.2. The van der Waals surface area contributed by atoms with Gasteiger partial charge in [-0.25, -0.2) is 9.78 Å². The number of rotatable bonds is 5. The van der Waals surface area contributed by atoms with Crippen molar-refractivity contribution < 1.29 is 14.7 Å². The highest BCUT2D eigenvalue weighted by Gasteiger charge is 2.08. The van der Waals surface area contributed by atoms with E-state index in [1.54, 1.807) is 23.3 Å². The third-order valence-corrected chi connectivity index (χ3v) is 2.80. The predicted octanol–water partition coefficient (Wildman–Crippen LogP) is 2.26. The van der Waals surface area contributed by atoms with E-state index in [0.717, 1.165) is 0 Å². The summed E-state index contributed by atoms with van der Waals surface area (Å²) in [6, 6.07) is 4.19. The number of imidazole rings is 1. The van der Waals surface area contributed by atoms with E-state index in [1.807, 2.05) is 0 Å². The molecule has 1 aromatic heterocycles. The van der Waals surface area contributed by atoms with Crippen LogP contribution in [0.2, 0.25) is 5.02 Å². The van der Waals surface area contributed by atoms with Crippen molar-refractivity contribution in [1.82, 2.24) is 9.55 Å². The number of aromatic nitrogens is 2. The van der Waals surface area contributed by atoms with Crippen LogP contribution in [0.4, 0.5) is 5.69 Å². The van der Waals surface area contributed by atoms with Gasteiger partial charge in [0.25, 0.3) is 0 Å². The van der Waals surface area contributed by atoms with Crippen molar-refractivity contribution in [3.8, 4) is 0 Å². The summed E-state index contributed by atoms with van der Waals surface area (Å²) in [6.45, 7) is 0.498. The fourth-order valence-corrected chi connectivity index (χ4v) is 1.89.